The van der Waals surface area contributed by atoms with Gasteiger partial charge in [-0.2, -0.15) is 0 Å². The van der Waals surface area contributed by atoms with Gasteiger partial charge in [0, 0.05) is 22.9 Å². The first-order valence-corrected chi connectivity index (χ1v) is 11.6. The largest absolute Gasteiger partial charge is 0.493 e. The van der Waals surface area contributed by atoms with Crippen LogP contribution in [0, 0.1) is 0 Å². The number of halogens is 1. The number of carbonyl (C=O) groups excluding carboxylic acids is 1. The second-order valence-electron chi connectivity index (χ2n) is 7.76. The van der Waals surface area contributed by atoms with Crippen molar-refractivity contribution in [3.63, 3.8) is 0 Å². The highest BCUT2D eigenvalue weighted by molar-refractivity contribution is 6.30. The van der Waals surface area contributed by atoms with Gasteiger partial charge < -0.3 is 29.0 Å². The number of allylic oxidation sites excluding steroid dienone is 1. The van der Waals surface area contributed by atoms with Crippen LogP contribution in [0.2, 0.25) is 5.02 Å². The minimum atomic E-state index is -0.149. The van der Waals surface area contributed by atoms with Crippen molar-refractivity contribution >= 4 is 23.1 Å². The van der Waals surface area contributed by atoms with E-state index in [9.17, 15) is 4.79 Å². The molecule has 3 aromatic rings. The third-order valence-electron chi connectivity index (χ3n) is 5.57. The van der Waals surface area contributed by atoms with Crippen LogP contribution in [-0.4, -0.2) is 41.3 Å². The zero-order valence-corrected chi connectivity index (χ0v) is 21.8. The molecular formula is C28H30ClNO6. The number of nitrogens with one attached hydrogen (secondary N) is 1. The Morgan fingerprint density at radius 3 is 1.75 bits per heavy atom. The maximum Gasteiger partial charge on any atom is 0.203 e. The first kappa shape index (κ1) is 26.8. The van der Waals surface area contributed by atoms with E-state index in [4.69, 9.17) is 35.3 Å². The minimum Gasteiger partial charge on any atom is -0.493 e. The van der Waals surface area contributed by atoms with Crippen molar-refractivity contribution in [1.82, 2.24) is 0 Å². The first-order valence-electron chi connectivity index (χ1n) is 11.2. The molecule has 3 aromatic carbocycles. The highest BCUT2D eigenvalue weighted by Crippen LogP contribution is 2.39. The van der Waals surface area contributed by atoms with Gasteiger partial charge in [-0.15, -0.1) is 0 Å². The third-order valence-corrected chi connectivity index (χ3v) is 5.82. The van der Waals surface area contributed by atoms with Crippen LogP contribution < -0.4 is 29.0 Å². The second kappa shape index (κ2) is 12.7. The molecule has 36 heavy (non-hydrogen) atoms. The molecule has 0 amide bonds. The molecule has 0 aromatic heterocycles. The number of anilines is 1. The zero-order valence-electron chi connectivity index (χ0n) is 21.0. The SMILES string of the molecule is COc1cc(CCc2cc(OC)c(OC)c(OC)c2)cc(N/C=C\C(=O)c2ccc(Cl)cc2)c1OC. The topological polar surface area (TPSA) is 75.3 Å². The highest BCUT2D eigenvalue weighted by atomic mass is 35.5. The van der Waals surface area contributed by atoms with E-state index in [-0.39, 0.29) is 5.78 Å². The molecule has 7 nitrogen and oxygen atoms in total. The van der Waals surface area contributed by atoms with E-state index in [1.165, 1.54) is 6.08 Å². The number of methoxy groups -OCH3 is 5. The molecule has 0 saturated heterocycles. The Kier molecular flexibility index (Phi) is 9.47. The van der Waals surface area contributed by atoms with E-state index in [2.05, 4.69) is 5.32 Å². The van der Waals surface area contributed by atoms with Gasteiger partial charge in [0.1, 0.15) is 0 Å². The Balaban J connectivity index is 1.81. The molecular weight excluding hydrogens is 482 g/mol. The normalized spacial score (nSPS) is 10.7. The van der Waals surface area contributed by atoms with Crippen molar-refractivity contribution in [2.45, 2.75) is 12.8 Å². The second-order valence-corrected chi connectivity index (χ2v) is 8.20. The molecule has 8 heteroatoms. The Morgan fingerprint density at radius 2 is 1.25 bits per heavy atom. The van der Waals surface area contributed by atoms with Crippen molar-refractivity contribution in [3.05, 3.63) is 82.5 Å². The summed E-state index contributed by atoms with van der Waals surface area (Å²) >= 11 is 5.90. The molecule has 0 atom stereocenters. The molecule has 0 unspecified atom stereocenters. The molecule has 0 bridgehead atoms. The van der Waals surface area contributed by atoms with Crippen LogP contribution >= 0.6 is 11.6 Å². The summed E-state index contributed by atoms with van der Waals surface area (Å²) in [5.41, 5.74) is 3.27. The maximum absolute atomic E-state index is 12.4. The van der Waals surface area contributed by atoms with Gasteiger partial charge in [-0.3, -0.25) is 4.79 Å². The summed E-state index contributed by atoms with van der Waals surface area (Å²) in [5, 5.41) is 3.73. The van der Waals surface area contributed by atoms with Crippen LogP contribution in [0.3, 0.4) is 0 Å². The van der Waals surface area contributed by atoms with Gasteiger partial charge in [0.15, 0.2) is 28.8 Å². The summed E-state index contributed by atoms with van der Waals surface area (Å²) in [7, 11) is 7.93. The fourth-order valence-electron chi connectivity index (χ4n) is 3.76. The highest BCUT2D eigenvalue weighted by Gasteiger charge is 2.15. The van der Waals surface area contributed by atoms with E-state index >= 15 is 0 Å². The molecule has 1 N–H and O–H groups in total. The smallest absolute Gasteiger partial charge is 0.203 e. The lowest BCUT2D eigenvalue weighted by atomic mass is 10.0. The van der Waals surface area contributed by atoms with Crippen LogP contribution in [0.25, 0.3) is 0 Å². The van der Waals surface area contributed by atoms with Crippen LogP contribution in [0.4, 0.5) is 5.69 Å². The Labute approximate surface area is 216 Å². The molecule has 0 aliphatic rings. The molecule has 0 heterocycles. The van der Waals surface area contributed by atoms with Gasteiger partial charge in [0.2, 0.25) is 5.75 Å². The van der Waals surface area contributed by atoms with Gasteiger partial charge >= 0.3 is 0 Å². The summed E-state index contributed by atoms with van der Waals surface area (Å²) in [6, 6.07) is 14.5. The predicted molar refractivity (Wildman–Crippen MR) is 142 cm³/mol. The van der Waals surface area contributed by atoms with Gasteiger partial charge in [-0.25, -0.2) is 0 Å². The lowest BCUT2D eigenvalue weighted by Crippen LogP contribution is -2.02. The molecule has 190 valence electrons. The van der Waals surface area contributed by atoms with Gasteiger partial charge in [0.25, 0.3) is 0 Å². The number of hydrogen-bond donors (Lipinski definition) is 1. The number of aryl methyl sites for hydroxylation is 2. The average molecular weight is 512 g/mol. The molecule has 0 radical (unpaired) electrons. The van der Waals surface area contributed by atoms with Crippen molar-refractivity contribution < 1.29 is 28.5 Å². The van der Waals surface area contributed by atoms with Crippen LogP contribution in [0.1, 0.15) is 21.5 Å². The van der Waals surface area contributed by atoms with Crippen molar-refractivity contribution in [2.75, 3.05) is 40.9 Å². The Morgan fingerprint density at radius 1 is 0.750 bits per heavy atom. The fourth-order valence-corrected chi connectivity index (χ4v) is 3.88. The lowest BCUT2D eigenvalue weighted by Gasteiger charge is -2.16. The van der Waals surface area contributed by atoms with Gasteiger partial charge in [-0.1, -0.05) is 11.6 Å². The fraction of sp³-hybridized carbons (Fsp3) is 0.250. The molecule has 0 aliphatic heterocycles. The number of benzene rings is 3. The van der Waals surface area contributed by atoms with E-state index < -0.39 is 0 Å². The van der Waals surface area contributed by atoms with Gasteiger partial charge in [0.05, 0.1) is 41.2 Å². The van der Waals surface area contributed by atoms with E-state index in [0.717, 1.165) is 17.5 Å². The summed E-state index contributed by atoms with van der Waals surface area (Å²) in [5.74, 6) is 2.75. The standard InChI is InChI=1S/C28H30ClNO6/c1-32-24-15-18(6-7-19-16-25(33-2)28(36-5)26(17-19)34-3)14-22(27(24)35-4)30-13-12-23(31)20-8-10-21(29)11-9-20/h8-17,30H,6-7H2,1-5H3/b13-12-. The first-order chi connectivity index (χ1) is 17.4. The molecule has 0 spiro atoms. The summed E-state index contributed by atoms with van der Waals surface area (Å²) < 4.78 is 27.5. The summed E-state index contributed by atoms with van der Waals surface area (Å²) in [6.45, 7) is 0. The van der Waals surface area contributed by atoms with E-state index in [0.29, 0.717) is 51.4 Å². The third kappa shape index (κ3) is 6.43. The number of ether oxygens (including phenoxy) is 5. The Hall–Kier alpha value is -3.84. The van der Waals surface area contributed by atoms with Crippen LogP contribution in [-0.2, 0) is 12.8 Å². The zero-order chi connectivity index (χ0) is 26.1. The lowest BCUT2D eigenvalue weighted by molar-refractivity contribution is 0.104. The van der Waals surface area contributed by atoms with Crippen LogP contribution in [0.5, 0.6) is 28.7 Å². The van der Waals surface area contributed by atoms with E-state index in [1.54, 1.807) is 66.0 Å². The van der Waals surface area contributed by atoms with Crippen molar-refractivity contribution in [3.8, 4) is 28.7 Å². The predicted octanol–water partition coefficient (Wildman–Crippen LogP) is 5.98. The number of ketones is 1. The molecule has 0 aliphatic carbocycles. The average Bonchev–Trinajstić information content (AvgIpc) is 2.90. The quantitative estimate of drug-likeness (QED) is 0.237. The van der Waals surface area contributed by atoms with Gasteiger partial charge in [-0.05, 0) is 72.5 Å². The van der Waals surface area contributed by atoms with Crippen LogP contribution in [0.15, 0.2) is 60.8 Å². The summed E-state index contributed by atoms with van der Waals surface area (Å²) in [6.07, 6.45) is 4.46. The van der Waals surface area contributed by atoms with Crippen molar-refractivity contribution in [1.29, 1.82) is 0 Å². The van der Waals surface area contributed by atoms with Crippen molar-refractivity contribution in [2.24, 2.45) is 0 Å². The summed E-state index contributed by atoms with van der Waals surface area (Å²) in [4.78, 5) is 12.4. The Bertz CT molecular complexity index is 1200. The monoisotopic (exact) mass is 511 g/mol. The number of carbonyl (C=O) groups is 1. The maximum atomic E-state index is 12.4. The molecule has 0 fully saturated rings. The molecule has 3 rings (SSSR count). The number of rotatable bonds is 12. The number of hydrogen-bond acceptors (Lipinski definition) is 7. The molecule has 0 saturated carbocycles. The van der Waals surface area contributed by atoms with E-state index in [1.807, 2.05) is 24.3 Å². The minimum absolute atomic E-state index is 0.149.